The zero-order valence-corrected chi connectivity index (χ0v) is 20.9. The van der Waals surface area contributed by atoms with E-state index < -0.39 is 21.5 Å². The van der Waals surface area contributed by atoms with Gasteiger partial charge in [-0.2, -0.15) is 0 Å². The van der Waals surface area contributed by atoms with Gasteiger partial charge in [0.05, 0.1) is 27.0 Å². The lowest BCUT2D eigenvalue weighted by molar-refractivity contribution is 0.102. The van der Waals surface area contributed by atoms with Gasteiger partial charge in [-0.15, -0.1) is 0 Å². The van der Waals surface area contributed by atoms with Crippen molar-refractivity contribution in [3.05, 3.63) is 104 Å². The maximum absolute atomic E-state index is 13.2. The molecule has 0 aliphatic carbocycles. The molecule has 0 spiro atoms. The van der Waals surface area contributed by atoms with Gasteiger partial charge >= 0.3 is 0 Å². The van der Waals surface area contributed by atoms with Gasteiger partial charge in [0, 0.05) is 17.6 Å². The first-order valence-corrected chi connectivity index (χ1v) is 12.6. The van der Waals surface area contributed by atoms with Crippen LogP contribution in [0, 0.1) is 6.92 Å². The van der Waals surface area contributed by atoms with Gasteiger partial charge in [-0.25, -0.2) is 13.1 Å². The molecule has 3 aromatic carbocycles. The average Bonchev–Trinajstić information content (AvgIpc) is 3.04. The van der Waals surface area contributed by atoms with Crippen LogP contribution in [0.3, 0.4) is 0 Å². The standard InChI is InChI=1S/C24H20Cl2N4O4S/c1-15-22(24(32)30(29(15)2)18-8-4-3-5-9-18)28-35(33,34)19-10-6-7-16(13-19)23(31)27-21-14-17(25)11-12-20(21)26/h3-14,28H,1-2H3,(H,27,31). The minimum absolute atomic E-state index is 0.0791. The second-order valence-corrected chi connectivity index (χ2v) is 10.2. The van der Waals surface area contributed by atoms with Gasteiger partial charge in [0.1, 0.15) is 5.69 Å². The number of carbonyl (C=O) groups excluding carboxylic acids is 1. The van der Waals surface area contributed by atoms with E-state index in [9.17, 15) is 18.0 Å². The van der Waals surface area contributed by atoms with Gasteiger partial charge in [0.2, 0.25) is 0 Å². The van der Waals surface area contributed by atoms with E-state index in [0.29, 0.717) is 16.4 Å². The molecule has 4 aromatic rings. The van der Waals surface area contributed by atoms with Crippen molar-refractivity contribution in [3.8, 4) is 5.69 Å². The minimum atomic E-state index is -4.19. The molecule has 1 heterocycles. The lowest BCUT2D eigenvalue weighted by Gasteiger charge is -2.10. The summed E-state index contributed by atoms with van der Waals surface area (Å²) >= 11 is 12.1. The Morgan fingerprint density at radius 3 is 2.37 bits per heavy atom. The van der Waals surface area contributed by atoms with E-state index in [2.05, 4.69) is 10.0 Å². The van der Waals surface area contributed by atoms with Gasteiger partial charge in [0.25, 0.3) is 21.5 Å². The maximum Gasteiger partial charge on any atom is 0.296 e. The lowest BCUT2D eigenvalue weighted by atomic mass is 10.2. The Balaban J connectivity index is 1.65. The first-order chi connectivity index (χ1) is 16.6. The maximum atomic E-state index is 13.2. The van der Waals surface area contributed by atoms with Crippen LogP contribution in [-0.2, 0) is 17.1 Å². The third kappa shape index (κ3) is 4.97. The lowest BCUT2D eigenvalue weighted by Crippen LogP contribution is -2.23. The van der Waals surface area contributed by atoms with Crippen molar-refractivity contribution in [1.82, 2.24) is 9.36 Å². The molecular weight excluding hydrogens is 511 g/mol. The Hall–Kier alpha value is -3.53. The largest absolute Gasteiger partial charge is 0.321 e. The molecule has 0 fully saturated rings. The number of para-hydroxylation sites is 1. The summed E-state index contributed by atoms with van der Waals surface area (Å²) in [4.78, 5) is 25.6. The van der Waals surface area contributed by atoms with E-state index in [1.807, 2.05) is 6.07 Å². The van der Waals surface area contributed by atoms with Crippen molar-refractivity contribution >= 4 is 50.5 Å². The Bertz CT molecular complexity index is 1600. The van der Waals surface area contributed by atoms with Crippen LogP contribution in [0.25, 0.3) is 5.69 Å². The summed E-state index contributed by atoms with van der Waals surface area (Å²) in [6.07, 6.45) is 0. The Kier molecular flexibility index (Phi) is 6.75. The highest BCUT2D eigenvalue weighted by atomic mass is 35.5. The number of hydrogen-bond acceptors (Lipinski definition) is 4. The van der Waals surface area contributed by atoms with E-state index in [4.69, 9.17) is 23.2 Å². The average molecular weight is 531 g/mol. The number of nitrogens with zero attached hydrogens (tertiary/aromatic N) is 2. The smallest absolute Gasteiger partial charge is 0.296 e. The van der Waals surface area contributed by atoms with E-state index >= 15 is 0 Å². The van der Waals surface area contributed by atoms with Crippen LogP contribution in [0.2, 0.25) is 10.0 Å². The Labute approximate surface area is 211 Å². The summed E-state index contributed by atoms with van der Waals surface area (Å²) < 4.78 is 31.6. The third-order valence-electron chi connectivity index (χ3n) is 5.37. The Morgan fingerprint density at radius 1 is 0.943 bits per heavy atom. The second-order valence-electron chi connectivity index (χ2n) is 7.65. The van der Waals surface area contributed by atoms with Crippen molar-refractivity contribution in [2.45, 2.75) is 11.8 Å². The summed E-state index contributed by atoms with van der Waals surface area (Å²) in [5.41, 5.74) is 0.771. The van der Waals surface area contributed by atoms with Crippen LogP contribution >= 0.6 is 23.2 Å². The molecule has 1 amide bonds. The summed E-state index contributed by atoms with van der Waals surface area (Å²) in [5, 5.41) is 3.27. The number of anilines is 2. The van der Waals surface area contributed by atoms with Crippen molar-refractivity contribution < 1.29 is 13.2 Å². The topological polar surface area (TPSA) is 102 Å². The molecule has 8 nitrogen and oxygen atoms in total. The SMILES string of the molecule is Cc1c(NS(=O)(=O)c2cccc(C(=O)Nc3cc(Cl)ccc3Cl)c2)c(=O)n(-c2ccccc2)n1C. The van der Waals surface area contributed by atoms with Gasteiger partial charge in [0.15, 0.2) is 0 Å². The fourth-order valence-electron chi connectivity index (χ4n) is 3.47. The number of benzene rings is 3. The summed E-state index contributed by atoms with van der Waals surface area (Å²) in [7, 11) is -2.53. The summed E-state index contributed by atoms with van der Waals surface area (Å²) in [6.45, 7) is 1.64. The highest BCUT2D eigenvalue weighted by Crippen LogP contribution is 2.26. The van der Waals surface area contributed by atoms with Crippen molar-refractivity contribution in [2.24, 2.45) is 7.05 Å². The van der Waals surface area contributed by atoms with Crippen molar-refractivity contribution in [2.75, 3.05) is 10.0 Å². The second kappa shape index (κ2) is 9.61. The molecule has 2 N–H and O–H groups in total. The van der Waals surface area contributed by atoms with Gasteiger partial charge < -0.3 is 5.32 Å². The summed E-state index contributed by atoms with van der Waals surface area (Å²) in [6, 6.07) is 18.9. The predicted octanol–water partition coefficient (Wildman–Crippen LogP) is 4.84. The minimum Gasteiger partial charge on any atom is -0.321 e. The molecule has 1 aromatic heterocycles. The summed E-state index contributed by atoms with van der Waals surface area (Å²) in [5.74, 6) is -0.575. The highest BCUT2D eigenvalue weighted by molar-refractivity contribution is 7.92. The van der Waals surface area contributed by atoms with E-state index in [1.165, 1.54) is 41.1 Å². The van der Waals surface area contributed by atoms with Crippen LogP contribution < -0.4 is 15.6 Å². The molecule has 0 unspecified atom stereocenters. The molecule has 11 heteroatoms. The van der Waals surface area contributed by atoms with Crippen LogP contribution in [0.4, 0.5) is 11.4 Å². The number of amides is 1. The van der Waals surface area contributed by atoms with Gasteiger partial charge in [-0.1, -0.05) is 47.5 Å². The van der Waals surface area contributed by atoms with Crippen LogP contribution in [0.15, 0.2) is 82.5 Å². The molecule has 0 atom stereocenters. The van der Waals surface area contributed by atoms with E-state index in [-0.39, 0.29) is 26.9 Å². The number of nitrogens with one attached hydrogen (secondary N) is 2. The number of rotatable bonds is 6. The first-order valence-electron chi connectivity index (χ1n) is 10.3. The van der Waals surface area contributed by atoms with E-state index in [0.717, 1.165) is 0 Å². The zero-order chi connectivity index (χ0) is 25.3. The molecule has 0 saturated heterocycles. The van der Waals surface area contributed by atoms with Crippen molar-refractivity contribution in [3.63, 3.8) is 0 Å². The molecular formula is C24H20Cl2N4O4S. The van der Waals surface area contributed by atoms with Gasteiger partial charge in [-0.3, -0.25) is 19.0 Å². The zero-order valence-electron chi connectivity index (χ0n) is 18.6. The van der Waals surface area contributed by atoms with Gasteiger partial charge in [-0.05, 0) is 55.5 Å². The molecule has 0 saturated carbocycles. The quantitative estimate of drug-likeness (QED) is 0.372. The molecule has 4 rings (SSSR count). The first kappa shape index (κ1) is 24.6. The van der Waals surface area contributed by atoms with E-state index in [1.54, 1.807) is 49.0 Å². The molecule has 0 bridgehead atoms. The number of sulfonamides is 1. The highest BCUT2D eigenvalue weighted by Gasteiger charge is 2.23. The van der Waals surface area contributed by atoms with Crippen LogP contribution in [0.5, 0.6) is 0 Å². The molecule has 35 heavy (non-hydrogen) atoms. The molecule has 0 aliphatic rings. The van der Waals surface area contributed by atoms with Crippen LogP contribution in [0.1, 0.15) is 16.1 Å². The molecule has 0 aliphatic heterocycles. The number of aromatic nitrogens is 2. The Morgan fingerprint density at radius 2 is 1.66 bits per heavy atom. The van der Waals surface area contributed by atoms with Crippen molar-refractivity contribution in [1.29, 1.82) is 0 Å². The normalized spacial score (nSPS) is 11.3. The molecule has 180 valence electrons. The van der Waals surface area contributed by atoms with Crippen LogP contribution in [-0.4, -0.2) is 23.7 Å². The fourth-order valence-corrected chi connectivity index (χ4v) is 4.97. The number of carbonyl (C=O) groups is 1. The predicted molar refractivity (Wildman–Crippen MR) is 137 cm³/mol. The third-order valence-corrected chi connectivity index (χ3v) is 7.29. The monoisotopic (exact) mass is 530 g/mol. The number of hydrogen-bond donors (Lipinski definition) is 2. The fraction of sp³-hybridized carbons (Fsp3) is 0.0833. The number of halogens is 2. The molecule has 0 radical (unpaired) electrons.